The topological polar surface area (TPSA) is 58.6 Å². The highest BCUT2D eigenvalue weighted by atomic mass is 16.3. The molecule has 0 aliphatic carbocycles. The minimum Gasteiger partial charge on any atom is -0.507 e. The molecule has 0 saturated heterocycles. The third-order valence-electron chi connectivity index (χ3n) is 9.00. The first-order chi connectivity index (χ1) is 23.0. The number of aromatic hydroxyl groups is 1. The zero-order valence-corrected chi connectivity index (χ0v) is 28.4. The third kappa shape index (κ3) is 6.02. The maximum absolute atomic E-state index is 10.8. The quantitative estimate of drug-likeness (QED) is 0.193. The minimum absolute atomic E-state index is 0.0662. The van der Waals surface area contributed by atoms with Crippen molar-refractivity contribution in [3.8, 4) is 39.5 Å². The van der Waals surface area contributed by atoms with Crippen LogP contribution in [0.2, 0.25) is 0 Å². The van der Waals surface area contributed by atoms with Gasteiger partial charge in [0.1, 0.15) is 11.3 Å². The highest BCUT2D eigenvalue weighted by Crippen LogP contribution is 2.42. The molecule has 238 valence electrons. The van der Waals surface area contributed by atoms with E-state index in [9.17, 15) is 5.11 Å². The number of fused-ring (bicyclic) bond motifs is 2. The van der Waals surface area contributed by atoms with Crippen LogP contribution in [-0.4, -0.2) is 16.3 Å². The Hall–Kier alpha value is -5.48. The van der Waals surface area contributed by atoms with E-state index in [1.807, 2.05) is 36.4 Å². The summed E-state index contributed by atoms with van der Waals surface area (Å²) in [6.45, 7) is 13.1. The van der Waals surface area contributed by atoms with Crippen LogP contribution in [0.25, 0.3) is 55.6 Å². The number of oxazole rings is 1. The molecule has 1 aromatic heterocycles. The van der Waals surface area contributed by atoms with Crippen molar-refractivity contribution in [3.63, 3.8) is 0 Å². The molecule has 48 heavy (non-hydrogen) atoms. The minimum atomic E-state index is -0.102. The Morgan fingerprint density at radius 3 is 2.10 bits per heavy atom. The van der Waals surface area contributed by atoms with E-state index in [4.69, 9.17) is 14.4 Å². The van der Waals surface area contributed by atoms with E-state index in [1.165, 1.54) is 11.1 Å². The maximum atomic E-state index is 10.8. The molecule has 6 aromatic carbocycles. The van der Waals surface area contributed by atoms with Gasteiger partial charge in [0.05, 0.1) is 11.3 Å². The van der Waals surface area contributed by atoms with E-state index in [-0.39, 0.29) is 16.6 Å². The summed E-state index contributed by atoms with van der Waals surface area (Å²) in [5.41, 5.74) is 10.3. The van der Waals surface area contributed by atoms with Crippen molar-refractivity contribution in [2.75, 3.05) is 0 Å². The lowest BCUT2D eigenvalue weighted by Crippen LogP contribution is -2.11. The number of nitrogens with zero attached hydrogens (tertiary/aromatic N) is 2. The zero-order chi connectivity index (χ0) is 33.6. The molecule has 7 aromatic rings. The number of phenols is 1. The number of hydrogen-bond acceptors (Lipinski definition) is 4. The molecule has 0 saturated carbocycles. The second-order valence-corrected chi connectivity index (χ2v) is 14.6. The van der Waals surface area contributed by atoms with E-state index in [2.05, 4.69) is 120 Å². The highest BCUT2D eigenvalue weighted by Gasteiger charge is 2.22. The van der Waals surface area contributed by atoms with Crippen molar-refractivity contribution in [2.24, 2.45) is 4.99 Å². The van der Waals surface area contributed by atoms with Gasteiger partial charge in [-0.2, -0.15) is 0 Å². The Morgan fingerprint density at radius 1 is 0.625 bits per heavy atom. The molecule has 0 aliphatic rings. The molecule has 0 spiro atoms. The average Bonchev–Trinajstić information content (AvgIpc) is 3.51. The number of rotatable bonds is 5. The lowest BCUT2D eigenvalue weighted by molar-refractivity contribution is 0.473. The van der Waals surface area contributed by atoms with Crippen molar-refractivity contribution in [2.45, 2.75) is 52.4 Å². The number of aromatic nitrogens is 1. The summed E-state index contributed by atoms with van der Waals surface area (Å²) in [7, 11) is 0. The monoisotopic (exact) mass is 628 g/mol. The van der Waals surface area contributed by atoms with Crippen LogP contribution in [0.15, 0.2) is 131 Å². The number of benzene rings is 6. The summed E-state index contributed by atoms with van der Waals surface area (Å²) in [6.07, 6.45) is 1.75. The van der Waals surface area contributed by atoms with Gasteiger partial charge in [0.25, 0.3) is 0 Å². The van der Waals surface area contributed by atoms with Gasteiger partial charge in [0.2, 0.25) is 5.89 Å². The van der Waals surface area contributed by atoms with Crippen LogP contribution in [0.5, 0.6) is 5.75 Å². The first-order valence-electron chi connectivity index (χ1n) is 16.5. The predicted octanol–water partition coefficient (Wildman–Crippen LogP) is 12.0. The largest absolute Gasteiger partial charge is 0.507 e. The smallest absolute Gasteiger partial charge is 0.229 e. The molecule has 7 rings (SSSR count). The van der Waals surface area contributed by atoms with Crippen LogP contribution >= 0.6 is 0 Å². The van der Waals surface area contributed by atoms with Crippen molar-refractivity contribution in [1.29, 1.82) is 0 Å². The standard InChI is InChI=1S/C44H40N2O2/c1-43(2,3)33-20-22-38(47)32(24-33)27-45-40-35-18-11-10-15-29(35)19-21-36(40)42-46-41-37(25-34(44(4,5)6)26-39(41)48-42)31-17-12-16-30(23-31)28-13-8-7-9-14-28/h7-27,47H,1-6H3. The fourth-order valence-corrected chi connectivity index (χ4v) is 6.12. The van der Waals surface area contributed by atoms with Gasteiger partial charge in [-0.3, -0.25) is 4.99 Å². The maximum Gasteiger partial charge on any atom is 0.229 e. The second kappa shape index (κ2) is 12.0. The molecule has 1 heterocycles. The first kappa shape index (κ1) is 31.1. The first-order valence-corrected chi connectivity index (χ1v) is 16.5. The third-order valence-corrected chi connectivity index (χ3v) is 9.00. The van der Waals surface area contributed by atoms with Gasteiger partial charge in [0, 0.05) is 22.7 Å². The summed E-state index contributed by atoms with van der Waals surface area (Å²) in [5, 5.41) is 12.8. The molecular weight excluding hydrogens is 588 g/mol. The predicted molar refractivity (Wildman–Crippen MR) is 201 cm³/mol. The second-order valence-electron chi connectivity index (χ2n) is 14.6. The van der Waals surface area contributed by atoms with Gasteiger partial charge in [-0.25, -0.2) is 4.98 Å². The molecule has 0 atom stereocenters. The Morgan fingerprint density at radius 2 is 1.33 bits per heavy atom. The molecule has 4 heteroatoms. The molecular formula is C44H40N2O2. The van der Waals surface area contributed by atoms with Crippen LogP contribution in [0, 0.1) is 0 Å². The SMILES string of the molecule is CC(C)(C)c1ccc(O)c(C=Nc2c(-c3nc4c(-c5cccc(-c6ccccc6)c5)cc(C(C)(C)C)cc4o3)ccc3ccccc23)c1. The van der Waals surface area contributed by atoms with E-state index in [1.54, 1.807) is 12.3 Å². The molecule has 0 radical (unpaired) electrons. The van der Waals surface area contributed by atoms with Crippen molar-refractivity contribution in [3.05, 3.63) is 138 Å². The molecule has 0 amide bonds. The Bertz CT molecular complexity index is 2320. The van der Waals surface area contributed by atoms with Gasteiger partial charge in [0.15, 0.2) is 5.58 Å². The van der Waals surface area contributed by atoms with E-state index in [0.29, 0.717) is 11.5 Å². The van der Waals surface area contributed by atoms with E-state index < -0.39 is 0 Å². The molecule has 0 bridgehead atoms. The van der Waals surface area contributed by atoms with Gasteiger partial charge in [-0.15, -0.1) is 0 Å². The van der Waals surface area contributed by atoms with Crippen LogP contribution in [0.4, 0.5) is 5.69 Å². The Kier molecular flexibility index (Phi) is 7.75. The molecule has 0 unspecified atom stereocenters. The lowest BCUT2D eigenvalue weighted by atomic mass is 9.85. The summed E-state index contributed by atoms with van der Waals surface area (Å²) in [4.78, 5) is 10.2. The van der Waals surface area contributed by atoms with E-state index in [0.717, 1.165) is 55.4 Å². The van der Waals surface area contributed by atoms with Gasteiger partial charge in [-0.1, -0.05) is 126 Å². The van der Waals surface area contributed by atoms with Crippen LogP contribution < -0.4 is 0 Å². The van der Waals surface area contributed by atoms with Gasteiger partial charge in [-0.05, 0) is 80.4 Å². The average molecular weight is 629 g/mol. The molecule has 0 aliphatic heterocycles. The van der Waals surface area contributed by atoms with Crippen LogP contribution in [0.1, 0.15) is 58.2 Å². The fourth-order valence-electron chi connectivity index (χ4n) is 6.12. The van der Waals surface area contributed by atoms with Crippen molar-refractivity contribution < 1.29 is 9.52 Å². The van der Waals surface area contributed by atoms with E-state index >= 15 is 0 Å². The number of hydrogen-bond donors (Lipinski definition) is 1. The normalized spacial score (nSPS) is 12.4. The van der Waals surface area contributed by atoms with Gasteiger partial charge >= 0.3 is 0 Å². The summed E-state index contributed by atoms with van der Waals surface area (Å²) < 4.78 is 6.66. The molecule has 1 N–H and O–H groups in total. The van der Waals surface area contributed by atoms with Crippen molar-refractivity contribution in [1.82, 2.24) is 4.98 Å². The van der Waals surface area contributed by atoms with Crippen molar-refractivity contribution >= 4 is 33.8 Å². The van der Waals surface area contributed by atoms with Gasteiger partial charge < -0.3 is 9.52 Å². The van der Waals surface area contributed by atoms with Crippen LogP contribution in [-0.2, 0) is 10.8 Å². The zero-order valence-electron chi connectivity index (χ0n) is 28.4. The lowest BCUT2D eigenvalue weighted by Gasteiger charge is -2.20. The number of phenolic OH excluding ortho intramolecular Hbond substituents is 1. The summed E-state index contributed by atoms with van der Waals surface area (Å²) in [5.74, 6) is 0.689. The number of aliphatic imine (C=N–C) groups is 1. The summed E-state index contributed by atoms with van der Waals surface area (Å²) in [6, 6.07) is 41.5. The Balaban J connectivity index is 1.42. The van der Waals surface area contributed by atoms with Crippen LogP contribution in [0.3, 0.4) is 0 Å². The molecule has 0 fully saturated rings. The summed E-state index contributed by atoms with van der Waals surface area (Å²) >= 11 is 0. The Labute approximate surface area is 282 Å². The fraction of sp³-hybridized carbons (Fsp3) is 0.182. The highest BCUT2D eigenvalue weighted by molar-refractivity contribution is 6.03. The molecule has 4 nitrogen and oxygen atoms in total.